The van der Waals surface area contributed by atoms with Crippen LogP contribution in [-0.2, 0) is 9.59 Å². The van der Waals surface area contributed by atoms with Crippen molar-refractivity contribution in [2.24, 2.45) is 4.99 Å². The average molecular weight is 456 g/mol. The van der Waals surface area contributed by atoms with E-state index < -0.39 is 5.97 Å². The molecule has 1 aliphatic rings. The topological polar surface area (TPSA) is 88.0 Å². The molecule has 0 radical (unpaired) electrons. The summed E-state index contributed by atoms with van der Waals surface area (Å²) in [5.41, 5.74) is 1.81. The molecule has 3 aromatic carbocycles. The maximum absolute atomic E-state index is 12.4. The Morgan fingerprint density at radius 1 is 1.16 bits per heavy atom. The van der Waals surface area contributed by atoms with Gasteiger partial charge in [0.15, 0.2) is 0 Å². The molecule has 158 valence electrons. The summed E-state index contributed by atoms with van der Waals surface area (Å²) in [6, 6.07) is 20.4. The molecule has 0 spiro atoms. The van der Waals surface area contributed by atoms with Gasteiger partial charge in [0.2, 0.25) is 0 Å². The quantitative estimate of drug-likeness (QED) is 0.452. The SMILES string of the molecule is CC(=O)O.CCOc1cc2ccccc2cc1/C=C1/SC(Nc2cc[c]([Na])cc2)=NC1=O. The zero-order valence-corrected chi connectivity index (χ0v) is 20.9. The van der Waals surface area contributed by atoms with Crippen LogP contribution in [0.5, 0.6) is 5.75 Å². The van der Waals surface area contributed by atoms with E-state index in [-0.39, 0.29) is 5.91 Å². The molecule has 6 nitrogen and oxygen atoms in total. The summed E-state index contributed by atoms with van der Waals surface area (Å²) in [5.74, 6) is -0.297. The van der Waals surface area contributed by atoms with Crippen LogP contribution >= 0.6 is 11.8 Å². The van der Waals surface area contributed by atoms with Gasteiger partial charge in [-0.05, 0) is 12.3 Å². The van der Waals surface area contributed by atoms with Gasteiger partial charge in [-0.1, -0.05) is 24.3 Å². The Labute approximate surface area is 208 Å². The summed E-state index contributed by atoms with van der Waals surface area (Å²) in [5, 5.41) is 13.4. The monoisotopic (exact) mass is 456 g/mol. The summed E-state index contributed by atoms with van der Waals surface area (Å²) in [6.45, 7) is 3.60. The molecule has 0 saturated heterocycles. The summed E-state index contributed by atoms with van der Waals surface area (Å²) in [7, 11) is 0. The number of nitrogens with one attached hydrogen (secondary N) is 1. The van der Waals surface area contributed by atoms with Crippen molar-refractivity contribution in [1.29, 1.82) is 0 Å². The van der Waals surface area contributed by atoms with Crippen molar-refractivity contribution in [3.63, 3.8) is 0 Å². The Hall–Kier alpha value is -2.58. The number of carboxylic acid groups (broad SMARTS) is 1. The van der Waals surface area contributed by atoms with E-state index >= 15 is 0 Å². The van der Waals surface area contributed by atoms with Gasteiger partial charge < -0.3 is 5.11 Å². The molecule has 0 atom stereocenters. The molecule has 0 unspecified atom stereocenters. The fraction of sp³-hybridized carbons (Fsp3) is 0.125. The standard InChI is InChI=1S/C22H17N2O2S.C2H4O2.Na/c1-2-26-19-13-16-9-7-6-8-15(16)12-17(19)14-20-21(25)24-22(27-20)23-18-10-4-3-5-11-18;1-2(3)4;/h4-14H,2H2,1H3,(H,23,24,25);1H3,(H,3,4);/b20-14+;;. The number of benzene rings is 3. The van der Waals surface area contributed by atoms with E-state index in [4.69, 9.17) is 14.6 Å². The van der Waals surface area contributed by atoms with Crippen molar-refractivity contribution in [2.75, 3.05) is 11.9 Å². The number of thioether (sulfide) groups is 1. The second kappa shape index (κ2) is 11.3. The first kappa shape index (κ1) is 24.1. The van der Waals surface area contributed by atoms with E-state index in [0.29, 0.717) is 16.7 Å². The molecular formula is C24H21N2NaO4S. The number of aliphatic imine (C=N–C) groups is 1. The van der Waals surface area contributed by atoms with E-state index in [1.807, 2.05) is 43.3 Å². The number of anilines is 1. The van der Waals surface area contributed by atoms with Crippen LogP contribution in [-0.4, -0.2) is 56.7 Å². The third-order valence-electron chi connectivity index (χ3n) is 4.39. The second-order valence-electron chi connectivity index (χ2n) is 7.01. The van der Waals surface area contributed by atoms with Gasteiger partial charge in [-0.15, -0.1) is 0 Å². The van der Waals surface area contributed by atoms with Gasteiger partial charge in [-0.3, -0.25) is 4.79 Å². The molecule has 3 aromatic rings. The Kier molecular flexibility index (Phi) is 8.53. The van der Waals surface area contributed by atoms with Gasteiger partial charge in [0.05, 0.1) is 6.61 Å². The van der Waals surface area contributed by atoms with Crippen LogP contribution in [0.2, 0.25) is 0 Å². The van der Waals surface area contributed by atoms with Crippen LogP contribution in [0.1, 0.15) is 19.4 Å². The Morgan fingerprint density at radius 2 is 1.78 bits per heavy atom. The summed E-state index contributed by atoms with van der Waals surface area (Å²) >= 11 is 2.37. The predicted molar refractivity (Wildman–Crippen MR) is 132 cm³/mol. The van der Waals surface area contributed by atoms with Crippen LogP contribution in [0.25, 0.3) is 16.8 Å². The number of carboxylic acids is 1. The van der Waals surface area contributed by atoms with Crippen LogP contribution in [0.4, 0.5) is 5.69 Å². The van der Waals surface area contributed by atoms with Gasteiger partial charge in [0, 0.05) is 6.92 Å². The van der Waals surface area contributed by atoms with E-state index in [1.165, 1.54) is 14.6 Å². The van der Waals surface area contributed by atoms with Gasteiger partial charge in [-0.25, -0.2) is 0 Å². The molecule has 0 aliphatic carbocycles. The van der Waals surface area contributed by atoms with Crippen molar-refractivity contribution in [2.45, 2.75) is 13.8 Å². The molecule has 0 bridgehead atoms. The molecule has 0 aromatic heterocycles. The normalized spacial score (nSPS) is 14.1. The van der Waals surface area contributed by atoms with E-state index in [1.54, 1.807) is 0 Å². The minimum absolute atomic E-state index is 0.234. The second-order valence-corrected chi connectivity index (χ2v) is 9.20. The summed E-state index contributed by atoms with van der Waals surface area (Å²) in [4.78, 5) is 26.1. The van der Waals surface area contributed by atoms with Crippen molar-refractivity contribution in [3.05, 3.63) is 71.1 Å². The Bertz CT molecular complexity index is 1200. The number of ether oxygens (including phenoxy) is 1. The van der Waals surface area contributed by atoms with Crippen LogP contribution < -0.4 is 12.9 Å². The van der Waals surface area contributed by atoms with Crippen molar-refractivity contribution in [1.82, 2.24) is 0 Å². The van der Waals surface area contributed by atoms with Crippen molar-refractivity contribution >= 4 is 82.1 Å². The van der Waals surface area contributed by atoms with Crippen molar-refractivity contribution in [3.8, 4) is 5.75 Å². The van der Waals surface area contributed by atoms with Crippen LogP contribution in [0.15, 0.2) is 70.6 Å². The number of hydrogen-bond acceptors (Lipinski definition) is 5. The van der Waals surface area contributed by atoms with E-state index in [0.717, 1.165) is 62.6 Å². The summed E-state index contributed by atoms with van der Waals surface area (Å²) in [6.07, 6.45) is 1.86. The number of rotatable bonds is 4. The van der Waals surface area contributed by atoms with Crippen molar-refractivity contribution < 1.29 is 19.4 Å². The van der Waals surface area contributed by atoms with E-state index in [9.17, 15) is 4.79 Å². The number of hydrogen-bond donors (Lipinski definition) is 2. The molecule has 1 heterocycles. The van der Waals surface area contributed by atoms with Gasteiger partial charge in [0.1, 0.15) is 0 Å². The third-order valence-corrected chi connectivity index (χ3v) is 5.95. The number of carbonyl (C=O) groups is 2. The molecule has 32 heavy (non-hydrogen) atoms. The number of nitrogens with zero attached hydrogens (tertiary/aromatic N) is 1. The minimum atomic E-state index is -0.833. The molecule has 1 amide bonds. The molecule has 0 saturated carbocycles. The molecule has 0 fully saturated rings. The zero-order valence-electron chi connectivity index (χ0n) is 18.1. The molecule has 2 N–H and O–H groups in total. The number of amides is 1. The maximum atomic E-state index is 12.4. The van der Waals surface area contributed by atoms with Gasteiger partial charge >= 0.3 is 143 Å². The van der Waals surface area contributed by atoms with Crippen LogP contribution in [0, 0.1) is 0 Å². The van der Waals surface area contributed by atoms with E-state index in [2.05, 4.69) is 40.6 Å². The number of aliphatic carboxylic acids is 1. The Morgan fingerprint density at radius 3 is 2.41 bits per heavy atom. The van der Waals surface area contributed by atoms with Gasteiger partial charge in [-0.2, -0.15) is 0 Å². The molecular weight excluding hydrogens is 435 g/mol. The number of carbonyl (C=O) groups excluding carboxylic acids is 1. The fourth-order valence-corrected chi connectivity index (χ4v) is 4.15. The summed E-state index contributed by atoms with van der Waals surface area (Å²) < 4.78 is 7.13. The van der Waals surface area contributed by atoms with Crippen LogP contribution in [0.3, 0.4) is 0 Å². The zero-order chi connectivity index (χ0) is 23.1. The Balaban J connectivity index is 0.000000668. The molecule has 8 heteroatoms. The predicted octanol–water partition coefficient (Wildman–Crippen LogP) is 4.21. The third kappa shape index (κ3) is 6.71. The number of amidine groups is 1. The average Bonchev–Trinajstić information content (AvgIpc) is 3.08. The number of fused-ring (bicyclic) bond motifs is 1. The first-order chi connectivity index (χ1) is 15.4. The first-order valence-electron chi connectivity index (χ1n) is 10.1. The van der Waals surface area contributed by atoms with Gasteiger partial charge in [0.25, 0.3) is 5.97 Å². The first-order valence-corrected chi connectivity index (χ1v) is 11.9. The molecule has 1 aliphatic heterocycles. The fourth-order valence-electron chi connectivity index (χ4n) is 2.99. The molecule has 4 rings (SSSR count).